The van der Waals surface area contributed by atoms with Crippen LogP contribution in [-0.4, -0.2) is 10.1 Å². The van der Waals surface area contributed by atoms with Crippen LogP contribution < -0.4 is 0 Å². The average molecular weight is 151 g/mol. The highest BCUT2D eigenvalue weighted by Crippen LogP contribution is 2.19. The molecule has 0 aromatic carbocycles. The SMILES string of the molecule is CCc1cnc(O)c(C)c1C. The molecular weight excluding hydrogens is 138 g/mol. The number of pyridine rings is 1. The summed E-state index contributed by atoms with van der Waals surface area (Å²) in [5.74, 6) is 0.153. The predicted molar refractivity (Wildman–Crippen MR) is 44.8 cm³/mol. The summed E-state index contributed by atoms with van der Waals surface area (Å²) in [7, 11) is 0. The second-order valence-electron chi connectivity index (χ2n) is 2.71. The van der Waals surface area contributed by atoms with Crippen LogP contribution >= 0.6 is 0 Å². The van der Waals surface area contributed by atoms with E-state index in [0.29, 0.717) is 0 Å². The summed E-state index contributed by atoms with van der Waals surface area (Å²) in [5, 5.41) is 9.21. The zero-order valence-corrected chi connectivity index (χ0v) is 7.18. The quantitative estimate of drug-likeness (QED) is 0.665. The summed E-state index contributed by atoms with van der Waals surface area (Å²) in [4.78, 5) is 3.87. The molecule has 2 nitrogen and oxygen atoms in total. The summed E-state index contributed by atoms with van der Waals surface area (Å²) in [6, 6.07) is 0. The van der Waals surface area contributed by atoms with Crippen LogP contribution in [0, 0.1) is 13.8 Å². The van der Waals surface area contributed by atoms with E-state index in [1.54, 1.807) is 6.20 Å². The van der Waals surface area contributed by atoms with E-state index >= 15 is 0 Å². The molecule has 0 radical (unpaired) electrons. The molecule has 1 aromatic rings. The first-order valence-corrected chi connectivity index (χ1v) is 3.80. The fraction of sp³-hybridized carbons (Fsp3) is 0.444. The third-order valence-electron chi connectivity index (χ3n) is 2.10. The van der Waals surface area contributed by atoms with Gasteiger partial charge in [0, 0.05) is 11.8 Å². The van der Waals surface area contributed by atoms with E-state index in [1.165, 1.54) is 5.56 Å². The Hall–Kier alpha value is -1.05. The van der Waals surface area contributed by atoms with Crippen molar-refractivity contribution < 1.29 is 5.11 Å². The van der Waals surface area contributed by atoms with E-state index in [4.69, 9.17) is 0 Å². The molecule has 0 aliphatic heterocycles. The van der Waals surface area contributed by atoms with E-state index in [2.05, 4.69) is 11.9 Å². The minimum atomic E-state index is 0.153. The van der Waals surface area contributed by atoms with Crippen molar-refractivity contribution in [1.29, 1.82) is 0 Å². The van der Waals surface area contributed by atoms with Crippen LogP contribution in [0.15, 0.2) is 6.20 Å². The minimum Gasteiger partial charge on any atom is -0.493 e. The van der Waals surface area contributed by atoms with Crippen LogP contribution in [0.1, 0.15) is 23.6 Å². The van der Waals surface area contributed by atoms with E-state index in [1.807, 2.05) is 13.8 Å². The Morgan fingerprint density at radius 1 is 1.36 bits per heavy atom. The molecule has 0 amide bonds. The van der Waals surface area contributed by atoms with Crippen molar-refractivity contribution in [3.05, 3.63) is 22.9 Å². The summed E-state index contributed by atoms with van der Waals surface area (Å²) >= 11 is 0. The fourth-order valence-corrected chi connectivity index (χ4v) is 1.10. The van der Waals surface area contributed by atoms with Gasteiger partial charge in [0.25, 0.3) is 0 Å². The molecule has 0 spiro atoms. The van der Waals surface area contributed by atoms with Crippen molar-refractivity contribution in [2.75, 3.05) is 0 Å². The first-order chi connectivity index (χ1) is 5.16. The van der Waals surface area contributed by atoms with Gasteiger partial charge < -0.3 is 5.11 Å². The second-order valence-corrected chi connectivity index (χ2v) is 2.71. The number of hydrogen-bond donors (Lipinski definition) is 1. The highest BCUT2D eigenvalue weighted by atomic mass is 16.3. The summed E-state index contributed by atoms with van der Waals surface area (Å²) in [6.07, 6.45) is 2.71. The molecule has 0 aliphatic carbocycles. The number of rotatable bonds is 1. The highest BCUT2D eigenvalue weighted by Gasteiger charge is 2.03. The smallest absolute Gasteiger partial charge is 0.213 e. The molecule has 0 unspecified atom stereocenters. The third-order valence-corrected chi connectivity index (χ3v) is 2.10. The van der Waals surface area contributed by atoms with E-state index in [9.17, 15) is 5.11 Å². The van der Waals surface area contributed by atoms with Gasteiger partial charge in [0.05, 0.1) is 0 Å². The molecule has 2 heteroatoms. The summed E-state index contributed by atoms with van der Waals surface area (Å²) in [5.41, 5.74) is 3.25. The molecule has 1 aromatic heterocycles. The zero-order chi connectivity index (χ0) is 8.43. The van der Waals surface area contributed by atoms with Crippen molar-refractivity contribution >= 4 is 0 Å². The molecule has 1 N–H and O–H groups in total. The number of aromatic nitrogens is 1. The van der Waals surface area contributed by atoms with Gasteiger partial charge in [-0.05, 0) is 31.4 Å². The lowest BCUT2D eigenvalue weighted by Gasteiger charge is -2.06. The average Bonchev–Trinajstić information content (AvgIpc) is 2.01. The lowest BCUT2D eigenvalue weighted by atomic mass is 10.1. The highest BCUT2D eigenvalue weighted by molar-refractivity contribution is 5.36. The minimum absolute atomic E-state index is 0.153. The van der Waals surface area contributed by atoms with Gasteiger partial charge in [-0.3, -0.25) is 0 Å². The summed E-state index contributed by atoms with van der Waals surface area (Å²) in [6.45, 7) is 5.98. The van der Waals surface area contributed by atoms with E-state index in [-0.39, 0.29) is 5.88 Å². The fourth-order valence-electron chi connectivity index (χ4n) is 1.10. The van der Waals surface area contributed by atoms with Crippen LogP contribution in [-0.2, 0) is 6.42 Å². The monoisotopic (exact) mass is 151 g/mol. The van der Waals surface area contributed by atoms with Crippen LogP contribution in [0.3, 0.4) is 0 Å². The van der Waals surface area contributed by atoms with Crippen molar-refractivity contribution in [2.24, 2.45) is 0 Å². The molecule has 1 heterocycles. The molecule has 11 heavy (non-hydrogen) atoms. The molecule has 0 saturated heterocycles. The Kier molecular flexibility index (Phi) is 2.13. The van der Waals surface area contributed by atoms with E-state index in [0.717, 1.165) is 17.5 Å². The van der Waals surface area contributed by atoms with Gasteiger partial charge in [0.1, 0.15) is 0 Å². The van der Waals surface area contributed by atoms with Gasteiger partial charge in [-0.25, -0.2) is 4.98 Å². The third kappa shape index (κ3) is 1.34. The number of aromatic hydroxyl groups is 1. The van der Waals surface area contributed by atoms with Gasteiger partial charge in [-0.1, -0.05) is 6.92 Å². The lowest BCUT2D eigenvalue weighted by molar-refractivity contribution is 0.448. The van der Waals surface area contributed by atoms with Gasteiger partial charge in [-0.2, -0.15) is 0 Å². The predicted octanol–water partition coefficient (Wildman–Crippen LogP) is 1.97. The van der Waals surface area contributed by atoms with Gasteiger partial charge in [0.15, 0.2) is 0 Å². The summed E-state index contributed by atoms with van der Waals surface area (Å²) < 4.78 is 0. The largest absolute Gasteiger partial charge is 0.493 e. The molecule has 0 atom stereocenters. The van der Waals surface area contributed by atoms with Crippen molar-refractivity contribution in [1.82, 2.24) is 4.98 Å². The van der Waals surface area contributed by atoms with Crippen LogP contribution in [0.5, 0.6) is 5.88 Å². The van der Waals surface area contributed by atoms with Crippen LogP contribution in [0.25, 0.3) is 0 Å². The standard InChI is InChI=1S/C9H13NO/c1-4-8-5-10-9(11)7(3)6(8)2/h5H,4H2,1-3H3,(H,10,11). The van der Waals surface area contributed by atoms with Crippen LogP contribution in [0.2, 0.25) is 0 Å². The maximum absolute atomic E-state index is 9.21. The van der Waals surface area contributed by atoms with Crippen molar-refractivity contribution in [3.8, 4) is 5.88 Å². The van der Waals surface area contributed by atoms with Crippen LogP contribution in [0.4, 0.5) is 0 Å². The Labute approximate surface area is 66.9 Å². The maximum Gasteiger partial charge on any atom is 0.213 e. The Morgan fingerprint density at radius 2 is 2.00 bits per heavy atom. The Balaban J connectivity index is 3.25. The lowest BCUT2D eigenvalue weighted by Crippen LogP contribution is -1.92. The van der Waals surface area contributed by atoms with Gasteiger partial charge >= 0.3 is 0 Å². The van der Waals surface area contributed by atoms with E-state index < -0.39 is 0 Å². The van der Waals surface area contributed by atoms with Crippen molar-refractivity contribution in [2.45, 2.75) is 27.2 Å². The Morgan fingerprint density at radius 3 is 2.55 bits per heavy atom. The Bertz CT molecular complexity index is 269. The molecule has 1 rings (SSSR count). The first-order valence-electron chi connectivity index (χ1n) is 3.80. The molecule has 0 aliphatic rings. The maximum atomic E-state index is 9.21. The van der Waals surface area contributed by atoms with Gasteiger partial charge in [0.2, 0.25) is 5.88 Å². The normalized spacial score (nSPS) is 10.1. The molecular formula is C9H13NO. The zero-order valence-electron chi connectivity index (χ0n) is 7.18. The number of aryl methyl sites for hydroxylation is 1. The van der Waals surface area contributed by atoms with Crippen molar-refractivity contribution in [3.63, 3.8) is 0 Å². The molecule has 0 bridgehead atoms. The molecule has 0 fully saturated rings. The first kappa shape index (κ1) is 8.05. The molecule has 0 saturated carbocycles. The van der Waals surface area contributed by atoms with Gasteiger partial charge in [-0.15, -0.1) is 0 Å². The second kappa shape index (κ2) is 2.91. The topological polar surface area (TPSA) is 33.1 Å². The number of nitrogens with zero attached hydrogens (tertiary/aromatic N) is 1. The molecule has 60 valence electrons. The number of hydrogen-bond acceptors (Lipinski definition) is 2.